The molecule has 94 valence electrons. The molecule has 1 aliphatic rings. The summed E-state index contributed by atoms with van der Waals surface area (Å²) in [4.78, 5) is 0. The second-order valence-electron chi connectivity index (χ2n) is 4.78. The standard InChI is InChI=1S/C14H13Br2NS/c15-11-8-10(13(16)18-11)12(17)14(6-7-14)9-4-2-1-3-5-9/h1-5,8,12H,6-7,17H2. The van der Waals surface area contributed by atoms with E-state index in [9.17, 15) is 0 Å². The summed E-state index contributed by atoms with van der Waals surface area (Å²) >= 11 is 8.84. The van der Waals surface area contributed by atoms with Crippen molar-refractivity contribution in [3.05, 3.63) is 55.1 Å². The Balaban J connectivity index is 1.98. The lowest BCUT2D eigenvalue weighted by molar-refractivity contribution is 0.541. The highest BCUT2D eigenvalue weighted by Gasteiger charge is 2.50. The van der Waals surface area contributed by atoms with E-state index in [1.165, 1.54) is 24.0 Å². The van der Waals surface area contributed by atoms with Crippen LogP contribution in [-0.4, -0.2) is 0 Å². The Kier molecular flexibility index (Phi) is 3.39. The smallest absolute Gasteiger partial charge is 0.0758 e. The van der Waals surface area contributed by atoms with Gasteiger partial charge in [0.1, 0.15) is 0 Å². The third-order valence-corrected chi connectivity index (χ3v) is 6.14. The van der Waals surface area contributed by atoms with Gasteiger partial charge in [0, 0.05) is 11.5 Å². The Morgan fingerprint density at radius 3 is 2.33 bits per heavy atom. The number of nitrogens with two attached hydrogens (primary N) is 1. The second-order valence-corrected chi connectivity index (χ2v) is 8.53. The van der Waals surface area contributed by atoms with E-state index in [2.05, 4.69) is 68.3 Å². The van der Waals surface area contributed by atoms with Crippen LogP contribution in [0.5, 0.6) is 0 Å². The fourth-order valence-corrected chi connectivity index (χ4v) is 5.48. The molecule has 0 radical (unpaired) electrons. The van der Waals surface area contributed by atoms with Gasteiger partial charge < -0.3 is 5.73 Å². The van der Waals surface area contributed by atoms with Crippen LogP contribution in [0.2, 0.25) is 0 Å². The van der Waals surface area contributed by atoms with Gasteiger partial charge >= 0.3 is 0 Å². The van der Waals surface area contributed by atoms with Crippen LogP contribution in [0.1, 0.15) is 30.0 Å². The number of hydrogen-bond acceptors (Lipinski definition) is 2. The zero-order valence-electron chi connectivity index (χ0n) is 9.70. The van der Waals surface area contributed by atoms with E-state index in [1.54, 1.807) is 11.3 Å². The van der Waals surface area contributed by atoms with E-state index in [4.69, 9.17) is 5.73 Å². The van der Waals surface area contributed by atoms with Gasteiger partial charge in [0.2, 0.25) is 0 Å². The lowest BCUT2D eigenvalue weighted by Gasteiger charge is -2.23. The first-order chi connectivity index (χ1) is 8.63. The molecule has 1 saturated carbocycles. The average Bonchev–Trinajstić information content (AvgIpc) is 3.11. The highest BCUT2D eigenvalue weighted by molar-refractivity contribution is 9.12. The summed E-state index contributed by atoms with van der Waals surface area (Å²) in [5, 5.41) is 0. The first kappa shape index (κ1) is 12.9. The number of hydrogen-bond donors (Lipinski definition) is 1. The minimum Gasteiger partial charge on any atom is -0.323 e. The molecule has 1 aromatic carbocycles. The van der Waals surface area contributed by atoms with Crippen molar-refractivity contribution in [1.82, 2.24) is 0 Å². The zero-order valence-corrected chi connectivity index (χ0v) is 13.7. The molecule has 1 aromatic heterocycles. The summed E-state index contributed by atoms with van der Waals surface area (Å²) in [5.74, 6) is 0. The van der Waals surface area contributed by atoms with Crippen LogP contribution in [0.15, 0.2) is 44.0 Å². The zero-order chi connectivity index (χ0) is 12.8. The largest absolute Gasteiger partial charge is 0.323 e. The summed E-state index contributed by atoms with van der Waals surface area (Å²) in [6, 6.07) is 12.9. The van der Waals surface area contributed by atoms with Gasteiger partial charge in [-0.3, -0.25) is 0 Å². The monoisotopic (exact) mass is 385 g/mol. The third kappa shape index (κ3) is 2.09. The summed E-state index contributed by atoms with van der Waals surface area (Å²) in [7, 11) is 0. The molecule has 0 bridgehead atoms. The molecular weight excluding hydrogens is 374 g/mol. The molecule has 1 heterocycles. The number of halogens is 2. The maximum Gasteiger partial charge on any atom is 0.0758 e. The van der Waals surface area contributed by atoms with Crippen molar-refractivity contribution in [3.8, 4) is 0 Å². The minimum absolute atomic E-state index is 0.0665. The predicted octanol–water partition coefficient (Wildman–Crippen LogP) is 5.00. The molecule has 0 saturated heterocycles. The van der Waals surface area contributed by atoms with Crippen LogP contribution in [0.4, 0.5) is 0 Å². The average molecular weight is 387 g/mol. The maximum absolute atomic E-state index is 6.54. The van der Waals surface area contributed by atoms with Crippen molar-refractivity contribution in [2.24, 2.45) is 5.73 Å². The van der Waals surface area contributed by atoms with Gasteiger partial charge in [-0.2, -0.15) is 0 Å². The number of benzene rings is 1. The molecular formula is C14H13Br2NS. The van der Waals surface area contributed by atoms with E-state index in [0.29, 0.717) is 0 Å². The molecule has 1 aliphatic carbocycles. The van der Waals surface area contributed by atoms with Crippen LogP contribution in [0, 0.1) is 0 Å². The van der Waals surface area contributed by atoms with E-state index in [0.717, 1.165) is 7.57 Å². The molecule has 0 spiro atoms. The normalized spacial score (nSPS) is 18.6. The molecule has 0 aliphatic heterocycles. The van der Waals surface area contributed by atoms with E-state index in [-0.39, 0.29) is 11.5 Å². The molecule has 1 nitrogen and oxygen atoms in total. The molecule has 1 fully saturated rings. The second kappa shape index (κ2) is 4.75. The molecule has 3 rings (SSSR count). The van der Waals surface area contributed by atoms with Crippen LogP contribution in [0.25, 0.3) is 0 Å². The van der Waals surface area contributed by atoms with Gasteiger partial charge in [-0.05, 0) is 61.9 Å². The van der Waals surface area contributed by atoms with Gasteiger partial charge in [-0.1, -0.05) is 30.3 Å². The minimum atomic E-state index is 0.0665. The predicted molar refractivity (Wildman–Crippen MR) is 84.0 cm³/mol. The topological polar surface area (TPSA) is 26.0 Å². The van der Waals surface area contributed by atoms with Crippen LogP contribution in [0.3, 0.4) is 0 Å². The van der Waals surface area contributed by atoms with Gasteiger partial charge in [-0.15, -0.1) is 11.3 Å². The number of rotatable bonds is 3. The van der Waals surface area contributed by atoms with Crippen molar-refractivity contribution in [2.75, 3.05) is 0 Å². The maximum atomic E-state index is 6.54. The Morgan fingerprint density at radius 2 is 1.83 bits per heavy atom. The number of thiophene rings is 1. The van der Waals surface area contributed by atoms with Crippen molar-refractivity contribution >= 4 is 43.2 Å². The van der Waals surface area contributed by atoms with E-state index in [1.807, 2.05) is 0 Å². The summed E-state index contributed by atoms with van der Waals surface area (Å²) < 4.78 is 2.27. The van der Waals surface area contributed by atoms with E-state index < -0.39 is 0 Å². The quantitative estimate of drug-likeness (QED) is 0.788. The van der Waals surface area contributed by atoms with Crippen molar-refractivity contribution in [2.45, 2.75) is 24.3 Å². The van der Waals surface area contributed by atoms with Crippen molar-refractivity contribution in [1.29, 1.82) is 0 Å². The van der Waals surface area contributed by atoms with Gasteiger partial charge in [-0.25, -0.2) is 0 Å². The Morgan fingerprint density at radius 1 is 1.17 bits per heavy atom. The first-order valence-electron chi connectivity index (χ1n) is 5.89. The molecule has 18 heavy (non-hydrogen) atoms. The van der Waals surface area contributed by atoms with Crippen LogP contribution < -0.4 is 5.73 Å². The van der Waals surface area contributed by atoms with Gasteiger partial charge in [0.05, 0.1) is 7.57 Å². The Hall–Kier alpha value is -0.160. The van der Waals surface area contributed by atoms with Gasteiger partial charge in [0.25, 0.3) is 0 Å². The van der Waals surface area contributed by atoms with Gasteiger partial charge in [0.15, 0.2) is 0 Å². The van der Waals surface area contributed by atoms with Crippen molar-refractivity contribution < 1.29 is 0 Å². The van der Waals surface area contributed by atoms with Crippen molar-refractivity contribution in [3.63, 3.8) is 0 Å². The fraction of sp³-hybridized carbons (Fsp3) is 0.286. The first-order valence-corrected chi connectivity index (χ1v) is 8.29. The molecule has 1 atom stereocenters. The molecule has 1 unspecified atom stereocenters. The fourth-order valence-electron chi connectivity index (χ4n) is 2.55. The Bertz CT molecular complexity index is 560. The summed E-state index contributed by atoms with van der Waals surface area (Å²) in [5.41, 5.74) is 9.26. The Labute approximate surface area is 128 Å². The van der Waals surface area contributed by atoms with Crippen LogP contribution in [-0.2, 0) is 5.41 Å². The van der Waals surface area contributed by atoms with E-state index >= 15 is 0 Å². The highest BCUT2D eigenvalue weighted by Crippen LogP contribution is 2.57. The molecule has 2 aromatic rings. The lowest BCUT2D eigenvalue weighted by Crippen LogP contribution is -2.26. The SMILES string of the molecule is NC(c1cc(Br)sc1Br)C1(c2ccccc2)CC1. The molecule has 4 heteroatoms. The molecule has 2 N–H and O–H groups in total. The lowest BCUT2D eigenvalue weighted by atomic mass is 9.85. The summed E-state index contributed by atoms with van der Waals surface area (Å²) in [6.45, 7) is 0. The highest BCUT2D eigenvalue weighted by atomic mass is 79.9. The summed E-state index contributed by atoms with van der Waals surface area (Å²) in [6.07, 6.45) is 2.36. The van der Waals surface area contributed by atoms with Crippen LogP contribution >= 0.6 is 43.2 Å². The molecule has 0 amide bonds. The third-order valence-electron chi connectivity index (χ3n) is 3.75.